The van der Waals surface area contributed by atoms with Crippen LogP contribution in [0.5, 0.6) is 5.75 Å². The molecule has 2 aromatic carbocycles. The predicted molar refractivity (Wildman–Crippen MR) is 112 cm³/mol. The Morgan fingerprint density at radius 1 is 1.21 bits per heavy atom. The molecule has 6 nitrogen and oxygen atoms in total. The van der Waals surface area contributed by atoms with Gasteiger partial charge in [-0.15, -0.1) is 0 Å². The Hall–Kier alpha value is -2.25. The van der Waals surface area contributed by atoms with Crippen molar-refractivity contribution in [2.75, 3.05) is 24.2 Å². The van der Waals surface area contributed by atoms with Gasteiger partial charge in [0.15, 0.2) is 0 Å². The molecule has 0 bridgehead atoms. The zero-order valence-corrected chi connectivity index (χ0v) is 17.8. The van der Waals surface area contributed by atoms with Crippen molar-refractivity contribution in [2.45, 2.75) is 26.3 Å². The van der Waals surface area contributed by atoms with E-state index in [1.165, 1.54) is 4.31 Å². The summed E-state index contributed by atoms with van der Waals surface area (Å²) < 4.78 is 30.9. The Bertz CT molecular complexity index is 932. The lowest BCUT2D eigenvalue weighted by Gasteiger charge is -2.24. The maximum absolute atomic E-state index is 12.2. The average Bonchev–Trinajstić information content (AvgIpc) is 2.65. The highest BCUT2D eigenvalue weighted by molar-refractivity contribution is 7.92. The van der Waals surface area contributed by atoms with E-state index in [0.29, 0.717) is 29.2 Å². The molecule has 0 aromatic heterocycles. The molecular weight excluding hydrogens is 400 g/mol. The third-order valence-corrected chi connectivity index (χ3v) is 5.89. The van der Waals surface area contributed by atoms with Gasteiger partial charge in [-0.05, 0) is 48.7 Å². The molecule has 8 heteroatoms. The van der Waals surface area contributed by atoms with Crippen LogP contribution in [0, 0.1) is 6.92 Å². The van der Waals surface area contributed by atoms with Crippen LogP contribution in [-0.2, 0) is 21.4 Å². The fourth-order valence-corrected chi connectivity index (χ4v) is 3.97. The lowest BCUT2D eigenvalue weighted by atomic mass is 10.2. The summed E-state index contributed by atoms with van der Waals surface area (Å²) in [6, 6.07) is 12.6. The van der Waals surface area contributed by atoms with Gasteiger partial charge in [-0.2, -0.15) is 0 Å². The van der Waals surface area contributed by atoms with Gasteiger partial charge in [0.25, 0.3) is 0 Å². The maximum Gasteiger partial charge on any atom is 0.232 e. The van der Waals surface area contributed by atoms with Crippen LogP contribution in [0.3, 0.4) is 0 Å². The third kappa shape index (κ3) is 6.14. The molecule has 0 saturated heterocycles. The molecule has 28 heavy (non-hydrogen) atoms. The second-order valence-electron chi connectivity index (χ2n) is 6.45. The van der Waals surface area contributed by atoms with Crippen molar-refractivity contribution in [3.8, 4) is 5.75 Å². The van der Waals surface area contributed by atoms with Gasteiger partial charge in [0.2, 0.25) is 15.9 Å². The number of ether oxygens (including phenoxy) is 1. The lowest BCUT2D eigenvalue weighted by Crippen LogP contribution is -2.32. The second kappa shape index (κ2) is 9.80. The van der Waals surface area contributed by atoms with Crippen LogP contribution in [0.15, 0.2) is 42.5 Å². The molecular formula is C20H25ClN2O4S. The molecule has 0 saturated carbocycles. The molecule has 0 aliphatic rings. The van der Waals surface area contributed by atoms with Crippen LogP contribution in [0.2, 0.25) is 5.02 Å². The van der Waals surface area contributed by atoms with Crippen molar-refractivity contribution in [1.29, 1.82) is 0 Å². The first-order valence-corrected chi connectivity index (χ1v) is 11.1. The Morgan fingerprint density at radius 2 is 1.93 bits per heavy atom. The SMILES string of the molecule is COc1cccc(CNC(=O)CCCN(c2cccc(Cl)c2C)S(C)(=O)=O)c1. The zero-order chi connectivity index (χ0) is 20.7. The Morgan fingerprint density at radius 3 is 2.61 bits per heavy atom. The quantitative estimate of drug-likeness (QED) is 0.668. The minimum absolute atomic E-state index is 0.140. The van der Waals surface area contributed by atoms with Gasteiger partial charge in [0, 0.05) is 24.5 Å². The Kier molecular flexibility index (Phi) is 7.71. The maximum atomic E-state index is 12.2. The number of nitrogens with zero attached hydrogens (tertiary/aromatic N) is 1. The van der Waals surface area contributed by atoms with E-state index in [4.69, 9.17) is 16.3 Å². The van der Waals surface area contributed by atoms with Gasteiger partial charge in [0.05, 0.1) is 19.1 Å². The Balaban J connectivity index is 1.93. The van der Waals surface area contributed by atoms with Crippen molar-refractivity contribution in [1.82, 2.24) is 5.32 Å². The van der Waals surface area contributed by atoms with Crippen LogP contribution >= 0.6 is 11.6 Å². The number of carbonyl (C=O) groups is 1. The first kappa shape index (κ1) is 22.0. The summed E-state index contributed by atoms with van der Waals surface area (Å²) in [6.45, 7) is 2.36. The monoisotopic (exact) mass is 424 g/mol. The zero-order valence-electron chi connectivity index (χ0n) is 16.2. The number of hydrogen-bond acceptors (Lipinski definition) is 4. The Labute approximate surface area is 171 Å². The van der Waals surface area contributed by atoms with Gasteiger partial charge < -0.3 is 10.1 Å². The molecule has 0 aliphatic heterocycles. The highest BCUT2D eigenvalue weighted by atomic mass is 35.5. The van der Waals surface area contributed by atoms with Crippen molar-refractivity contribution in [3.05, 3.63) is 58.6 Å². The number of carbonyl (C=O) groups excluding carboxylic acids is 1. The van der Waals surface area contributed by atoms with Gasteiger partial charge in [-0.1, -0.05) is 29.8 Å². The largest absolute Gasteiger partial charge is 0.497 e. The highest BCUT2D eigenvalue weighted by Crippen LogP contribution is 2.28. The summed E-state index contributed by atoms with van der Waals surface area (Å²) in [5.74, 6) is 0.589. The van der Waals surface area contributed by atoms with E-state index in [1.54, 1.807) is 32.2 Å². The molecule has 1 N–H and O–H groups in total. The summed E-state index contributed by atoms with van der Waals surface area (Å²) in [4.78, 5) is 12.1. The van der Waals surface area contributed by atoms with E-state index in [-0.39, 0.29) is 18.9 Å². The van der Waals surface area contributed by atoms with Crippen LogP contribution in [0.4, 0.5) is 5.69 Å². The predicted octanol–water partition coefficient (Wildman–Crippen LogP) is 3.52. The summed E-state index contributed by atoms with van der Waals surface area (Å²) in [7, 11) is -1.90. The normalized spacial score (nSPS) is 11.1. The van der Waals surface area contributed by atoms with Crippen LogP contribution in [0.25, 0.3) is 0 Å². The fourth-order valence-electron chi connectivity index (χ4n) is 2.79. The topological polar surface area (TPSA) is 75.7 Å². The molecule has 0 atom stereocenters. The standard InChI is InChI=1S/C20H25ClN2O4S/c1-15-18(21)9-5-10-19(15)23(28(3,25)26)12-6-11-20(24)22-14-16-7-4-8-17(13-16)27-2/h4-5,7-10,13H,6,11-12,14H2,1-3H3,(H,22,24). The molecule has 0 unspecified atom stereocenters. The highest BCUT2D eigenvalue weighted by Gasteiger charge is 2.20. The molecule has 1 amide bonds. The second-order valence-corrected chi connectivity index (χ2v) is 8.76. The van der Waals surface area contributed by atoms with Gasteiger partial charge in [-0.3, -0.25) is 9.10 Å². The molecule has 152 valence electrons. The number of anilines is 1. The van der Waals surface area contributed by atoms with E-state index in [0.717, 1.165) is 17.6 Å². The number of amides is 1. The number of nitrogens with one attached hydrogen (secondary N) is 1. The van der Waals surface area contributed by atoms with E-state index < -0.39 is 10.0 Å². The van der Waals surface area contributed by atoms with E-state index in [9.17, 15) is 13.2 Å². The third-order valence-electron chi connectivity index (χ3n) is 4.30. The molecule has 2 aromatic rings. The van der Waals surface area contributed by atoms with Crippen molar-refractivity contribution < 1.29 is 17.9 Å². The molecule has 0 aliphatic carbocycles. The first-order valence-electron chi connectivity index (χ1n) is 8.85. The van der Waals surface area contributed by atoms with Crippen molar-refractivity contribution in [2.24, 2.45) is 0 Å². The summed E-state index contributed by atoms with van der Waals surface area (Å²) in [6.07, 6.45) is 1.76. The molecule has 0 spiro atoms. The molecule has 0 radical (unpaired) electrons. The van der Waals surface area contributed by atoms with Crippen molar-refractivity contribution in [3.63, 3.8) is 0 Å². The average molecular weight is 425 g/mol. The van der Waals surface area contributed by atoms with Crippen LogP contribution < -0.4 is 14.4 Å². The molecule has 2 rings (SSSR count). The fraction of sp³-hybridized carbons (Fsp3) is 0.350. The summed E-state index contributed by atoms with van der Waals surface area (Å²) in [5.41, 5.74) is 2.16. The molecule has 0 fully saturated rings. The van der Waals surface area contributed by atoms with E-state index in [2.05, 4.69) is 5.32 Å². The van der Waals surface area contributed by atoms with Gasteiger partial charge in [0.1, 0.15) is 5.75 Å². The number of halogens is 1. The number of hydrogen-bond donors (Lipinski definition) is 1. The summed E-state index contributed by atoms with van der Waals surface area (Å²) in [5, 5.41) is 3.34. The number of benzene rings is 2. The smallest absolute Gasteiger partial charge is 0.232 e. The number of sulfonamides is 1. The number of methoxy groups -OCH3 is 1. The van der Waals surface area contributed by atoms with Crippen molar-refractivity contribution >= 4 is 33.2 Å². The minimum Gasteiger partial charge on any atom is -0.497 e. The van der Waals surface area contributed by atoms with Gasteiger partial charge >= 0.3 is 0 Å². The van der Waals surface area contributed by atoms with E-state index in [1.807, 2.05) is 24.3 Å². The minimum atomic E-state index is -3.49. The van der Waals surface area contributed by atoms with Gasteiger partial charge in [-0.25, -0.2) is 8.42 Å². The van der Waals surface area contributed by atoms with Crippen LogP contribution in [0.1, 0.15) is 24.0 Å². The first-order chi connectivity index (χ1) is 13.2. The molecule has 0 heterocycles. The number of rotatable bonds is 9. The lowest BCUT2D eigenvalue weighted by molar-refractivity contribution is -0.121. The summed E-state index contributed by atoms with van der Waals surface area (Å²) >= 11 is 6.12. The van der Waals surface area contributed by atoms with Crippen LogP contribution in [-0.4, -0.2) is 34.2 Å². The van der Waals surface area contributed by atoms with E-state index >= 15 is 0 Å².